The summed E-state index contributed by atoms with van der Waals surface area (Å²) in [5.74, 6) is 0.762. The number of benzene rings is 1. The van der Waals surface area contributed by atoms with Crippen molar-refractivity contribution in [3.63, 3.8) is 0 Å². The Hall–Kier alpha value is -1.82. The minimum absolute atomic E-state index is 0.0976. The van der Waals surface area contributed by atoms with Crippen molar-refractivity contribution in [2.45, 2.75) is 19.1 Å². The van der Waals surface area contributed by atoms with Crippen molar-refractivity contribution in [3.8, 4) is 11.3 Å². The topological polar surface area (TPSA) is 38.1 Å². The highest BCUT2D eigenvalue weighted by Gasteiger charge is 2.30. The van der Waals surface area contributed by atoms with E-state index in [1.807, 2.05) is 6.92 Å². The molecule has 0 bridgehead atoms. The molecule has 0 aliphatic rings. The van der Waals surface area contributed by atoms with Crippen LogP contribution in [0.25, 0.3) is 11.3 Å². The van der Waals surface area contributed by atoms with E-state index in [9.17, 15) is 13.2 Å². The second-order valence-electron chi connectivity index (χ2n) is 4.15. The average molecular weight is 270 g/mol. The highest BCUT2D eigenvalue weighted by Crippen LogP contribution is 2.32. The van der Waals surface area contributed by atoms with E-state index < -0.39 is 11.7 Å². The van der Waals surface area contributed by atoms with Crippen molar-refractivity contribution in [1.29, 1.82) is 0 Å². The summed E-state index contributed by atoms with van der Waals surface area (Å²) >= 11 is 0. The maximum atomic E-state index is 12.6. The number of nitrogens with zero attached hydrogens (tertiary/aromatic N) is 1. The predicted molar refractivity (Wildman–Crippen MR) is 64.4 cm³/mol. The maximum Gasteiger partial charge on any atom is 0.416 e. The number of nitrogens with one attached hydrogen (secondary N) is 1. The minimum Gasteiger partial charge on any atom is -0.439 e. The lowest BCUT2D eigenvalue weighted by Gasteiger charge is -2.07. The fourth-order valence-corrected chi connectivity index (χ4v) is 1.59. The van der Waals surface area contributed by atoms with E-state index in [1.54, 1.807) is 13.1 Å². The first-order valence-corrected chi connectivity index (χ1v) is 5.72. The normalized spacial score (nSPS) is 13.5. The molecule has 0 aliphatic carbocycles. The lowest BCUT2D eigenvalue weighted by molar-refractivity contribution is -0.137. The molecule has 1 N–H and O–H groups in total. The number of alkyl halides is 3. The molecule has 1 aromatic carbocycles. The first-order valence-electron chi connectivity index (χ1n) is 5.72. The van der Waals surface area contributed by atoms with Crippen LogP contribution in [0.1, 0.15) is 24.4 Å². The molecule has 1 aromatic heterocycles. The van der Waals surface area contributed by atoms with Crippen molar-refractivity contribution >= 4 is 0 Å². The monoisotopic (exact) mass is 270 g/mol. The molecular weight excluding hydrogens is 257 g/mol. The van der Waals surface area contributed by atoms with E-state index in [-0.39, 0.29) is 6.04 Å². The molecule has 2 rings (SSSR count). The molecule has 1 unspecified atom stereocenters. The quantitative estimate of drug-likeness (QED) is 0.925. The summed E-state index contributed by atoms with van der Waals surface area (Å²) in [7, 11) is 1.75. The van der Waals surface area contributed by atoms with Crippen molar-refractivity contribution in [3.05, 3.63) is 41.9 Å². The summed E-state index contributed by atoms with van der Waals surface area (Å²) in [5, 5.41) is 2.95. The SMILES string of the molecule is CNC(C)c1ncc(-c2cccc(C(F)(F)F)c2)o1. The van der Waals surface area contributed by atoms with Gasteiger partial charge in [0.25, 0.3) is 0 Å². The lowest BCUT2D eigenvalue weighted by atomic mass is 10.1. The molecule has 3 nitrogen and oxygen atoms in total. The van der Waals surface area contributed by atoms with Crippen LogP contribution >= 0.6 is 0 Å². The van der Waals surface area contributed by atoms with Gasteiger partial charge in [0, 0.05) is 5.56 Å². The highest BCUT2D eigenvalue weighted by molar-refractivity contribution is 5.57. The molecule has 1 heterocycles. The van der Waals surface area contributed by atoms with Crippen LogP contribution in [-0.2, 0) is 6.18 Å². The molecule has 102 valence electrons. The number of oxazole rings is 1. The standard InChI is InChI=1S/C13H13F3N2O/c1-8(17-2)12-18-7-11(19-12)9-4-3-5-10(6-9)13(14,15)16/h3-8,17H,1-2H3. The Balaban J connectivity index is 2.34. The van der Waals surface area contributed by atoms with Crippen LogP contribution in [0.15, 0.2) is 34.9 Å². The third-order valence-electron chi connectivity index (χ3n) is 2.80. The highest BCUT2D eigenvalue weighted by atomic mass is 19.4. The van der Waals surface area contributed by atoms with Gasteiger partial charge in [0.05, 0.1) is 17.8 Å². The van der Waals surface area contributed by atoms with Crippen LogP contribution in [0.5, 0.6) is 0 Å². The summed E-state index contributed by atoms with van der Waals surface area (Å²) in [5.41, 5.74) is -0.346. The molecule has 0 aliphatic heterocycles. The Morgan fingerprint density at radius 1 is 1.32 bits per heavy atom. The van der Waals surface area contributed by atoms with E-state index in [2.05, 4.69) is 10.3 Å². The zero-order valence-electron chi connectivity index (χ0n) is 10.5. The minimum atomic E-state index is -4.36. The Morgan fingerprint density at radius 3 is 2.68 bits per heavy atom. The van der Waals surface area contributed by atoms with Gasteiger partial charge in [-0.3, -0.25) is 0 Å². The average Bonchev–Trinajstić information content (AvgIpc) is 2.86. The number of halogens is 3. The predicted octanol–water partition coefficient (Wildman–Crippen LogP) is 3.64. The van der Waals surface area contributed by atoms with Crippen LogP contribution in [0.4, 0.5) is 13.2 Å². The Kier molecular flexibility index (Phi) is 3.61. The molecule has 0 spiro atoms. The summed E-state index contributed by atoms with van der Waals surface area (Å²) < 4.78 is 43.3. The van der Waals surface area contributed by atoms with Crippen LogP contribution in [-0.4, -0.2) is 12.0 Å². The van der Waals surface area contributed by atoms with Gasteiger partial charge in [-0.2, -0.15) is 13.2 Å². The molecule has 19 heavy (non-hydrogen) atoms. The molecule has 6 heteroatoms. The van der Waals surface area contributed by atoms with Gasteiger partial charge in [0.15, 0.2) is 5.76 Å². The molecule has 1 atom stereocenters. The molecule has 0 saturated heterocycles. The summed E-state index contributed by atoms with van der Waals surface area (Å²) in [4.78, 5) is 4.04. The van der Waals surface area contributed by atoms with Gasteiger partial charge in [0.2, 0.25) is 5.89 Å². The third kappa shape index (κ3) is 2.96. The zero-order valence-corrected chi connectivity index (χ0v) is 10.5. The number of hydrogen-bond donors (Lipinski definition) is 1. The maximum absolute atomic E-state index is 12.6. The molecule has 0 radical (unpaired) electrons. The van der Waals surface area contributed by atoms with Gasteiger partial charge in [-0.1, -0.05) is 12.1 Å². The van der Waals surface area contributed by atoms with Gasteiger partial charge in [0.1, 0.15) is 0 Å². The first-order chi connectivity index (χ1) is 8.91. The molecule has 2 aromatic rings. The Bertz CT molecular complexity index is 563. The van der Waals surface area contributed by atoms with E-state index in [0.29, 0.717) is 17.2 Å². The van der Waals surface area contributed by atoms with Gasteiger partial charge < -0.3 is 9.73 Å². The fourth-order valence-electron chi connectivity index (χ4n) is 1.59. The number of aromatic nitrogens is 1. The van der Waals surface area contributed by atoms with E-state index in [4.69, 9.17) is 4.42 Å². The van der Waals surface area contributed by atoms with Crippen molar-refractivity contribution in [2.75, 3.05) is 7.05 Å². The smallest absolute Gasteiger partial charge is 0.416 e. The van der Waals surface area contributed by atoms with Crippen LogP contribution in [0.3, 0.4) is 0 Å². The molecule has 0 amide bonds. The number of hydrogen-bond acceptors (Lipinski definition) is 3. The largest absolute Gasteiger partial charge is 0.439 e. The van der Waals surface area contributed by atoms with Gasteiger partial charge in [-0.25, -0.2) is 4.98 Å². The van der Waals surface area contributed by atoms with Crippen LogP contribution in [0.2, 0.25) is 0 Å². The Morgan fingerprint density at radius 2 is 2.05 bits per heavy atom. The van der Waals surface area contributed by atoms with Gasteiger partial charge in [-0.15, -0.1) is 0 Å². The third-order valence-corrected chi connectivity index (χ3v) is 2.80. The van der Waals surface area contributed by atoms with Gasteiger partial charge in [-0.05, 0) is 26.1 Å². The second kappa shape index (κ2) is 5.05. The van der Waals surface area contributed by atoms with Crippen molar-refractivity contribution < 1.29 is 17.6 Å². The summed E-state index contributed by atoms with van der Waals surface area (Å²) in [6, 6.07) is 4.89. The zero-order chi connectivity index (χ0) is 14.0. The van der Waals surface area contributed by atoms with E-state index in [1.165, 1.54) is 12.3 Å². The summed E-state index contributed by atoms with van der Waals surface area (Å²) in [6.45, 7) is 1.85. The lowest BCUT2D eigenvalue weighted by Crippen LogP contribution is -2.12. The van der Waals surface area contributed by atoms with Gasteiger partial charge >= 0.3 is 6.18 Å². The summed E-state index contributed by atoms with van der Waals surface area (Å²) in [6.07, 6.45) is -2.93. The number of rotatable bonds is 3. The van der Waals surface area contributed by atoms with E-state index in [0.717, 1.165) is 12.1 Å². The molecule has 0 saturated carbocycles. The second-order valence-corrected chi connectivity index (χ2v) is 4.15. The molecule has 0 fully saturated rings. The molecular formula is C13H13F3N2O. The van der Waals surface area contributed by atoms with Crippen LogP contribution in [0, 0.1) is 0 Å². The fraction of sp³-hybridized carbons (Fsp3) is 0.308. The first kappa shape index (κ1) is 13.6. The van der Waals surface area contributed by atoms with E-state index >= 15 is 0 Å². The Labute approximate surface area is 108 Å². The van der Waals surface area contributed by atoms with Crippen molar-refractivity contribution in [1.82, 2.24) is 10.3 Å². The van der Waals surface area contributed by atoms with Crippen LogP contribution < -0.4 is 5.32 Å². The van der Waals surface area contributed by atoms with Crippen molar-refractivity contribution in [2.24, 2.45) is 0 Å².